The summed E-state index contributed by atoms with van der Waals surface area (Å²) in [6.07, 6.45) is 1.74. The number of rotatable bonds is 4. The van der Waals surface area contributed by atoms with Crippen LogP contribution < -0.4 is 9.80 Å². The Bertz CT molecular complexity index is 740. The highest BCUT2D eigenvalue weighted by molar-refractivity contribution is 5.77. The molecule has 2 aromatic carbocycles. The fourth-order valence-corrected chi connectivity index (χ4v) is 2.89. The monoisotopic (exact) mass is 306 g/mol. The quantitative estimate of drug-likeness (QED) is 0.767. The zero-order valence-electron chi connectivity index (χ0n) is 14.0. The summed E-state index contributed by atoms with van der Waals surface area (Å²) in [5.74, 6) is 1.88. The molecule has 0 saturated heterocycles. The molecule has 4 nitrogen and oxygen atoms in total. The fourth-order valence-electron chi connectivity index (χ4n) is 2.89. The lowest BCUT2D eigenvalue weighted by molar-refractivity contribution is 1.10. The Hall–Kier alpha value is -2.75. The number of H-pyrrole nitrogens is 1. The number of para-hydroxylation sites is 2. The lowest BCUT2D eigenvalue weighted by Gasteiger charge is -2.25. The van der Waals surface area contributed by atoms with E-state index in [0.29, 0.717) is 0 Å². The van der Waals surface area contributed by atoms with Gasteiger partial charge in [0.1, 0.15) is 0 Å². The summed E-state index contributed by atoms with van der Waals surface area (Å²) in [7, 11) is 4.11. The summed E-state index contributed by atoms with van der Waals surface area (Å²) in [4.78, 5) is 12.1. The maximum absolute atomic E-state index is 4.54. The maximum Gasteiger partial charge on any atom is 0.176 e. The zero-order chi connectivity index (χ0) is 16.4. The Morgan fingerprint density at radius 3 is 1.87 bits per heavy atom. The first kappa shape index (κ1) is 15.2. The summed E-state index contributed by atoms with van der Waals surface area (Å²) in [6.45, 7) is 4.23. The molecule has 0 saturated carbocycles. The molecule has 0 aliphatic heterocycles. The first-order valence-electron chi connectivity index (χ1n) is 7.71. The Morgan fingerprint density at radius 2 is 1.30 bits per heavy atom. The van der Waals surface area contributed by atoms with Gasteiger partial charge in [-0.2, -0.15) is 0 Å². The minimum absolute atomic E-state index is 0.907. The number of anilines is 4. The van der Waals surface area contributed by atoms with Crippen LogP contribution in [0, 0.1) is 13.8 Å². The van der Waals surface area contributed by atoms with Crippen molar-refractivity contribution in [2.24, 2.45) is 0 Å². The first-order chi connectivity index (χ1) is 11.1. The fraction of sp³-hybridized carbons (Fsp3) is 0.211. The maximum atomic E-state index is 4.54. The van der Waals surface area contributed by atoms with E-state index in [1.807, 2.05) is 7.05 Å². The van der Waals surface area contributed by atoms with E-state index in [1.165, 1.54) is 11.1 Å². The van der Waals surface area contributed by atoms with Crippen LogP contribution in [0.3, 0.4) is 0 Å². The molecule has 0 amide bonds. The minimum atomic E-state index is 0.907. The van der Waals surface area contributed by atoms with Crippen molar-refractivity contribution in [2.75, 3.05) is 23.9 Å². The van der Waals surface area contributed by atoms with Gasteiger partial charge in [0.05, 0.1) is 6.33 Å². The van der Waals surface area contributed by atoms with E-state index in [2.05, 4.69) is 89.2 Å². The number of benzene rings is 2. The average Bonchev–Trinajstić information content (AvgIpc) is 3.04. The smallest absolute Gasteiger partial charge is 0.176 e. The average molecular weight is 306 g/mol. The van der Waals surface area contributed by atoms with Gasteiger partial charge >= 0.3 is 0 Å². The number of hydrogen-bond acceptors (Lipinski definition) is 3. The number of nitrogens with zero attached hydrogens (tertiary/aromatic N) is 3. The van der Waals surface area contributed by atoms with Crippen LogP contribution in [0.15, 0.2) is 54.9 Å². The van der Waals surface area contributed by atoms with E-state index >= 15 is 0 Å². The van der Waals surface area contributed by atoms with Crippen molar-refractivity contribution in [1.29, 1.82) is 0 Å². The molecule has 0 radical (unpaired) electrons. The summed E-state index contributed by atoms with van der Waals surface area (Å²) in [5, 5.41) is 0. The SMILES string of the molecule is Cc1ccccc1N(C)c1nc[nH]c1N(C)c1ccccc1C. The molecule has 1 heterocycles. The molecule has 0 atom stereocenters. The molecule has 118 valence electrons. The molecule has 1 aromatic heterocycles. The van der Waals surface area contributed by atoms with E-state index in [0.717, 1.165) is 23.0 Å². The van der Waals surface area contributed by atoms with Crippen molar-refractivity contribution in [3.8, 4) is 0 Å². The number of aryl methyl sites for hydroxylation is 2. The molecule has 0 aliphatic rings. The number of imidazole rings is 1. The second-order valence-corrected chi connectivity index (χ2v) is 5.77. The predicted octanol–water partition coefficient (Wildman–Crippen LogP) is 4.56. The van der Waals surface area contributed by atoms with Gasteiger partial charge in [-0.15, -0.1) is 0 Å². The molecule has 3 rings (SSSR count). The molecular weight excluding hydrogens is 284 g/mol. The lowest BCUT2D eigenvalue weighted by Crippen LogP contribution is -2.18. The molecular formula is C19H22N4. The molecule has 0 fully saturated rings. The Balaban J connectivity index is 2.00. The number of nitrogens with one attached hydrogen (secondary N) is 1. The Labute approximate surface area is 137 Å². The topological polar surface area (TPSA) is 35.2 Å². The van der Waals surface area contributed by atoms with Crippen molar-refractivity contribution in [3.63, 3.8) is 0 Å². The summed E-state index contributed by atoms with van der Waals surface area (Å²) < 4.78 is 0. The van der Waals surface area contributed by atoms with Crippen molar-refractivity contribution in [2.45, 2.75) is 13.8 Å². The van der Waals surface area contributed by atoms with Gasteiger partial charge in [-0.1, -0.05) is 36.4 Å². The molecule has 0 aliphatic carbocycles. The summed E-state index contributed by atoms with van der Waals surface area (Å²) >= 11 is 0. The van der Waals surface area contributed by atoms with Crippen LogP contribution >= 0.6 is 0 Å². The second kappa shape index (κ2) is 6.16. The van der Waals surface area contributed by atoms with E-state index in [9.17, 15) is 0 Å². The van der Waals surface area contributed by atoms with Gasteiger partial charge in [0.15, 0.2) is 11.6 Å². The van der Waals surface area contributed by atoms with E-state index in [4.69, 9.17) is 0 Å². The van der Waals surface area contributed by atoms with Gasteiger partial charge in [-0.3, -0.25) is 0 Å². The predicted molar refractivity (Wildman–Crippen MR) is 97.1 cm³/mol. The third-order valence-corrected chi connectivity index (χ3v) is 4.21. The molecule has 3 aromatic rings. The van der Waals surface area contributed by atoms with E-state index in [1.54, 1.807) is 6.33 Å². The third-order valence-electron chi connectivity index (χ3n) is 4.21. The molecule has 23 heavy (non-hydrogen) atoms. The molecule has 1 N–H and O–H groups in total. The normalized spacial score (nSPS) is 10.6. The molecule has 0 unspecified atom stereocenters. The lowest BCUT2D eigenvalue weighted by atomic mass is 10.2. The van der Waals surface area contributed by atoms with Crippen molar-refractivity contribution in [3.05, 3.63) is 66.0 Å². The zero-order valence-corrected chi connectivity index (χ0v) is 14.0. The van der Waals surface area contributed by atoms with Crippen LogP contribution in [0.25, 0.3) is 0 Å². The van der Waals surface area contributed by atoms with Crippen LogP contribution in [-0.4, -0.2) is 24.1 Å². The standard InChI is InChI=1S/C19H22N4/c1-14-9-5-7-11-16(14)22(3)18-19(21-13-20-18)23(4)17-12-8-6-10-15(17)2/h5-13H,1-4H3,(H,20,21). The first-order valence-corrected chi connectivity index (χ1v) is 7.71. The van der Waals surface area contributed by atoms with Gasteiger partial charge in [-0.05, 0) is 37.1 Å². The second-order valence-electron chi connectivity index (χ2n) is 5.77. The van der Waals surface area contributed by atoms with E-state index < -0.39 is 0 Å². The number of aromatic nitrogens is 2. The Kier molecular flexibility index (Phi) is 4.06. The number of aromatic amines is 1. The molecule has 0 spiro atoms. The number of hydrogen-bond donors (Lipinski definition) is 1. The summed E-state index contributed by atoms with van der Waals surface area (Å²) in [6, 6.07) is 16.7. The largest absolute Gasteiger partial charge is 0.329 e. The van der Waals surface area contributed by atoms with Crippen molar-refractivity contribution < 1.29 is 0 Å². The van der Waals surface area contributed by atoms with Crippen LogP contribution in [-0.2, 0) is 0 Å². The summed E-state index contributed by atoms with van der Waals surface area (Å²) in [5.41, 5.74) is 4.77. The van der Waals surface area contributed by atoms with Gasteiger partial charge in [0, 0.05) is 25.5 Å². The highest BCUT2D eigenvalue weighted by Gasteiger charge is 2.18. The van der Waals surface area contributed by atoms with Crippen molar-refractivity contribution in [1.82, 2.24) is 9.97 Å². The van der Waals surface area contributed by atoms with Gasteiger partial charge in [0.2, 0.25) is 0 Å². The van der Waals surface area contributed by atoms with Gasteiger partial charge < -0.3 is 14.8 Å². The van der Waals surface area contributed by atoms with E-state index in [-0.39, 0.29) is 0 Å². The minimum Gasteiger partial charge on any atom is -0.329 e. The van der Waals surface area contributed by atoms with Gasteiger partial charge in [0.25, 0.3) is 0 Å². The van der Waals surface area contributed by atoms with Crippen LogP contribution in [0.2, 0.25) is 0 Å². The van der Waals surface area contributed by atoms with Crippen LogP contribution in [0.4, 0.5) is 23.0 Å². The van der Waals surface area contributed by atoms with Crippen molar-refractivity contribution >= 4 is 23.0 Å². The van der Waals surface area contributed by atoms with Gasteiger partial charge in [-0.25, -0.2) is 4.98 Å². The molecule has 0 bridgehead atoms. The third kappa shape index (κ3) is 2.80. The van der Waals surface area contributed by atoms with Crippen LogP contribution in [0.5, 0.6) is 0 Å². The van der Waals surface area contributed by atoms with Crippen LogP contribution in [0.1, 0.15) is 11.1 Å². The Morgan fingerprint density at radius 1 is 0.783 bits per heavy atom. The highest BCUT2D eigenvalue weighted by atomic mass is 15.3. The highest BCUT2D eigenvalue weighted by Crippen LogP contribution is 2.35. The molecule has 4 heteroatoms.